The van der Waals surface area contributed by atoms with Crippen LogP contribution in [-0.2, 0) is 11.4 Å². The molecule has 5 nitrogen and oxygen atoms in total. The lowest BCUT2D eigenvalue weighted by Gasteiger charge is -2.11. The first-order valence-electron chi connectivity index (χ1n) is 9.50. The van der Waals surface area contributed by atoms with Crippen molar-refractivity contribution in [3.8, 4) is 11.5 Å². The number of ether oxygens (including phenoxy) is 2. The van der Waals surface area contributed by atoms with E-state index in [-0.39, 0.29) is 5.91 Å². The summed E-state index contributed by atoms with van der Waals surface area (Å²) in [6.45, 7) is 2.49. The van der Waals surface area contributed by atoms with Crippen LogP contribution in [0.25, 0.3) is 0 Å². The second-order valence-corrected chi connectivity index (χ2v) is 7.63. The number of rotatable bonds is 9. The number of methoxy groups -OCH3 is 1. The number of benzene rings is 3. The van der Waals surface area contributed by atoms with Gasteiger partial charge in [-0.05, 0) is 48.4 Å². The molecule has 3 rings (SSSR count). The molecule has 0 atom stereocenters. The smallest absolute Gasteiger partial charge is 0.250 e. The molecule has 0 saturated carbocycles. The Morgan fingerprint density at radius 3 is 2.53 bits per heavy atom. The van der Waals surface area contributed by atoms with Crippen LogP contribution in [0.15, 0.2) is 82.8 Å². The van der Waals surface area contributed by atoms with Gasteiger partial charge in [-0.3, -0.25) is 4.79 Å². The van der Waals surface area contributed by atoms with Gasteiger partial charge in [0, 0.05) is 4.90 Å². The zero-order valence-electron chi connectivity index (χ0n) is 17.0. The van der Waals surface area contributed by atoms with E-state index in [1.165, 1.54) is 17.3 Å². The van der Waals surface area contributed by atoms with Crippen LogP contribution in [0.1, 0.15) is 16.7 Å². The molecule has 0 aromatic heterocycles. The average Bonchev–Trinajstić information content (AvgIpc) is 2.78. The molecular weight excluding hydrogens is 396 g/mol. The summed E-state index contributed by atoms with van der Waals surface area (Å²) < 4.78 is 11.3. The molecule has 0 bridgehead atoms. The second kappa shape index (κ2) is 11.1. The summed E-state index contributed by atoms with van der Waals surface area (Å²) in [6, 6.07) is 23.5. The molecule has 0 aliphatic carbocycles. The Bertz CT molecular complexity index is 989. The predicted molar refractivity (Wildman–Crippen MR) is 121 cm³/mol. The van der Waals surface area contributed by atoms with Gasteiger partial charge < -0.3 is 9.47 Å². The number of nitrogens with one attached hydrogen (secondary N) is 1. The summed E-state index contributed by atoms with van der Waals surface area (Å²) in [4.78, 5) is 13.0. The number of aryl methyl sites for hydroxylation is 1. The van der Waals surface area contributed by atoms with Crippen LogP contribution in [0.3, 0.4) is 0 Å². The van der Waals surface area contributed by atoms with Gasteiger partial charge in [0.1, 0.15) is 6.61 Å². The lowest BCUT2D eigenvalue weighted by atomic mass is 10.2. The van der Waals surface area contributed by atoms with E-state index in [1.54, 1.807) is 13.3 Å². The molecule has 0 heterocycles. The Morgan fingerprint density at radius 1 is 1.03 bits per heavy atom. The standard InChI is InChI=1S/C24H24N2O3S/c1-18-8-11-21(12-9-18)30-17-24(27)26-25-15-20-10-13-22(23(14-20)28-2)29-16-19-6-4-3-5-7-19/h3-15H,16-17H2,1-2H3,(H,26,27). The number of hydrogen-bond donors (Lipinski definition) is 1. The van der Waals surface area contributed by atoms with Crippen molar-refractivity contribution < 1.29 is 14.3 Å². The Labute approximate surface area is 181 Å². The molecule has 3 aromatic carbocycles. The van der Waals surface area contributed by atoms with Crippen LogP contribution in [0, 0.1) is 6.92 Å². The molecule has 0 fully saturated rings. The van der Waals surface area contributed by atoms with Crippen molar-refractivity contribution in [1.29, 1.82) is 0 Å². The minimum Gasteiger partial charge on any atom is -0.493 e. The van der Waals surface area contributed by atoms with E-state index in [0.717, 1.165) is 16.0 Å². The summed E-state index contributed by atoms with van der Waals surface area (Å²) in [7, 11) is 1.59. The highest BCUT2D eigenvalue weighted by atomic mass is 32.2. The van der Waals surface area contributed by atoms with E-state index >= 15 is 0 Å². The molecule has 0 spiro atoms. The van der Waals surface area contributed by atoms with E-state index in [1.807, 2.05) is 79.7 Å². The Morgan fingerprint density at radius 2 is 1.80 bits per heavy atom. The van der Waals surface area contributed by atoms with Crippen molar-refractivity contribution in [3.05, 3.63) is 89.5 Å². The minimum atomic E-state index is -0.161. The third-order valence-electron chi connectivity index (χ3n) is 4.22. The van der Waals surface area contributed by atoms with Crippen molar-refractivity contribution in [2.75, 3.05) is 12.9 Å². The lowest BCUT2D eigenvalue weighted by Crippen LogP contribution is -2.19. The van der Waals surface area contributed by atoms with E-state index in [0.29, 0.717) is 23.9 Å². The zero-order valence-corrected chi connectivity index (χ0v) is 17.8. The van der Waals surface area contributed by atoms with Crippen LogP contribution in [0.4, 0.5) is 0 Å². The van der Waals surface area contributed by atoms with Crippen LogP contribution in [0.2, 0.25) is 0 Å². The molecule has 0 unspecified atom stereocenters. The summed E-state index contributed by atoms with van der Waals surface area (Å²) in [5.74, 6) is 1.40. The molecule has 1 N–H and O–H groups in total. The van der Waals surface area contributed by atoms with E-state index in [2.05, 4.69) is 10.5 Å². The molecular formula is C24H24N2O3S. The maximum Gasteiger partial charge on any atom is 0.250 e. The van der Waals surface area contributed by atoms with Gasteiger partial charge >= 0.3 is 0 Å². The van der Waals surface area contributed by atoms with E-state index in [4.69, 9.17) is 9.47 Å². The van der Waals surface area contributed by atoms with Crippen LogP contribution in [0.5, 0.6) is 11.5 Å². The summed E-state index contributed by atoms with van der Waals surface area (Å²) in [5.41, 5.74) is 5.62. The van der Waals surface area contributed by atoms with Crippen LogP contribution >= 0.6 is 11.8 Å². The van der Waals surface area contributed by atoms with E-state index < -0.39 is 0 Å². The van der Waals surface area contributed by atoms with Crippen molar-refractivity contribution in [2.24, 2.45) is 5.10 Å². The number of carbonyl (C=O) groups excluding carboxylic acids is 1. The van der Waals surface area contributed by atoms with Crippen LogP contribution < -0.4 is 14.9 Å². The fraction of sp³-hybridized carbons (Fsp3) is 0.167. The van der Waals surface area contributed by atoms with Crippen molar-refractivity contribution in [3.63, 3.8) is 0 Å². The van der Waals surface area contributed by atoms with Gasteiger partial charge in [0.05, 0.1) is 19.1 Å². The first kappa shape index (κ1) is 21.5. The van der Waals surface area contributed by atoms with Gasteiger partial charge in [0.25, 0.3) is 0 Å². The maximum absolute atomic E-state index is 12.0. The van der Waals surface area contributed by atoms with Gasteiger partial charge in [0.15, 0.2) is 11.5 Å². The van der Waals surface area contributed by atoms with Crippen molar-refractivity contribution in [1.82, 2.24) is 5.43 Å². The first-order valence-corrected chi connectivity index (χ1v) is 10.5. The lowest BCUT2D eigenvalue weighted by molar-refractivity contribution is -0.118. The van der Waals surface area contributed by atoms with Crippen LogP contribution in [-0.4, -0.2) is 25.0 Å². The fourth-order valence-corrected chi connectivity index (χ4v) is 3.30. The molecule has 1 amide bonds. The Kier molecular flexibility index (Phi) is 7.92. The molecule has 0 aliphatic rings. The van der Waals surface area contributed by atoms with Crippen molar-refractivity contribution in [2.45, 2.75) is 18.4 Å². The van der Waals surface area contributed by atoms with Gasteiger partial charge in [-0.15, -0.1) is 11.8 Å². The van der Waals surface area contributed by atoms with Gasteiger partial charge in [-0.1, -0.05) is 48.0 Å². The molecule has 154 valence electrons. The molecule has 0 aliphatic heterocycles. The molecule has 6 heteroatoms. The number of hydrogen-bond acceptors (Lipinski definition) is 5. The normalized spacial score (nSPS) is 10.7. The monoisotopic (exact) mass is 420 g/mol. The number of carbonyl (C=O) groups is 1. The highest BCUT2D eigenvalue weighted by molar-refractivity contribution is 8.00. The minimum absolute atomic E-state index is 0.161. The molecule has 0 radical (unpaired) electrons. The molecule has 3 aromatic rings. The fourth-order valence-electron chi connectivity index (χ4n) is 2.61. The highest BCUT2D eigenvalue weighted by Crippen LogP contribution is 2.28. The average molecular weight is 421 g/mol. The Balaban J connectivity index is 1.50. The number of hydrazone groups is 1. The highest BCUT2D eigenvalue weighted by Gasteiger charge is 2.06. The second-order valence-electron chi connectivity index (χ2n) is 6.58. The van der Waals surface area contributed by atoms with Gasteiger partial charge in [-0.2, -0.15) is 5.10 Å². The third-order valence-corrected chi connectivity index (χ3v) is 5.23. The predicted octanol–water partition coefficient (Wildman–Crippen LogP) is 4.83. The number of thioether (sulfide) groups is 1. The van der Waals surface area contributed by atoms with Gasteiger partial charge in [0.2, 0.25) is 5.91 Å². The SMILES string of the molecule is COc1cc(C=NNC(=O)CSc2ccc(C)cc2)ccc1OCc1ccccc1. The number of amides is 1. The first-order chi connectivity index (χ1) is 14.6. The number of nitrogens with zero attached hydrogens (tertiary/aromatic N) is 1. The molecule has 30 heavy (non-hydrogen) atoms. The largest absolute Gasteiger partial charge is 0.493 e. The van der Waals surface area contributed by atoms with E-state index in [9.17, 15) is 4.79 Å². The van der Waals surface area contributed by atoms with Gasteiger partial charge in [-0.25, -0.2) is 5.43 Å². The summed E-state index contributed by atoms with van der Waals surface area (Å²) in [5, 5.41) is 4.03. The molecule has 0 saturated heterocycles. The maximum atomic E-state index is 12.0. The topological polar surface area (TPSA) is 59.9 Å². The summed E-state index contributed by atoms with van der Waals surface area (Å²) >= 11 is 1.47. The van der Waals surface area contributed by atoms with Crippen molar-refractivity contribution >= 4 is 23.9 Å². The quantitative estimate of drug-likeness (QED) is 0.306. The Hall–Kier alpha value is -3.25. The zero-order chi connectivity index (χ0) is 21.2. The third kappa shape index (κ3) is 6.67. The summed E-state index contributed by atoms with van der Waals surface area (Å²) in [6.07, 6.45) is 1.58.